The van der Waals surface area contributed by atoms with Gasteiger partial charge >= 0.3 is 5.97 Å². The monoisotopic (exact) mass is 289 g/mol. The highest BCUT2D eigenvalue weighted by Crippen LogP contribution is 2.30. The van der Waals surface area contributed by atoms with E-state index < -0.39 is 0 Å². The second-order valence-corrected chi connectivity index (χ2v) is 6.24. The van der Waals surface area contributed by atoms with E-state index in [1.54, 1.807) is 0 Å². The summed E-state index contributed by atoms with van der Waals surface area (Å²) in [6, 6.07) is 2.08. The number of nitrogens with zero attached hydrogens (tertiary/aromatic N) is 3. The minimum atomic E-state index is -0.215. The van der Waals surface area contributed by atoms with Crippen LogP contribution in [0.2, 0.25) is 0 Å². The molecule has 2 aliphatic heterocycles. The maximum absolute atomic E-state index is 12.2. The van der Waals surface area contributed by atoms with Crippen LogP contribution >= 0.6 is 0 Å². The molecule has 0 unspecified atom stereocenters. The molecule has 0 bridgehead atoms. The van der Waals surface area contributed by atoms with Crippen molar-refractivity contribution in [3.8, 4) is 0 Å². The number of rotatable bonds is 2. The van der Waals surface area contributed by atoms with Gasteiger partial charge in [0.05, 0.1) is 6.61 Å². The number of pyridine rings is 1. The highest BCUT2D eigenvalue weighted by Gasteiger charge is 2.29. The summed E-state index contributed by atoms with van der Waals surface area (Å²) in [4.78, 5) is 21.5. The van der Waals surface area contributed by atoms with E-state index in [2.05, 4.69) is 36.8 Å². The van der Waals surface area contributed by atoms with Gasteiger partial charge in [-0.25, -0.2) is 9.78 Å². The van der Waals surface area contributed by atoms with E-state index in [9.17, 15) is 4.79 Å². The Labute approximate surface area is 125 Å². The van der Waals surface area contributed by atoms with Gasteiger partial charge in [-0.1, -0.05) is 13.8 Å². The van der Waals surface area contributed by atoms with Crippen molar-refractivity contribution in [3.63, 3.8) is 0 Å². The first-order chi connectivity index (χ1) is 10.1. The molecule has 5 nitrogen and oxygen atoms in total. The third-order valence-corrected chi connectivity index (χ3v) is 4.30. The smallest absolute Gasteiger partial charge is 0.342 e. The minimum Gasteiger partial charge on any atom is -0.462 e. The molecule has 0 amide bonds. The second kappa shape index (κ2) is 5.64. The van der Waals surface area contributed by atoms with Crippen LogP contribution in [-0.4, -0.2) is 55.7 Å². The average Bonchev–Trinajstić information content (AvgIpc) is 2.47. The Morgan fingerprint density at radius 1 is 1.24 bits per heavy atom. The summed E-state index contributed by atoms with van der Waals surface area (Å²) in [6.07, 6.45) is 0.796. The highest BCUT2D eigenvalue weighted by molar-refractivity contribution is 5.97. The van der Waals surface area contributed by atoms with Crippen LogP contribution in [0, 0.1) is 0 Å². The highest BCUT2D eigenvalue weighted by atomic mass is 16.5. The first-order valence-corrected chi connectivity index (χ1v) is 7.70. The Morgan fingerprint density at radius 2 is 1.95 bits per heavy atom. The Morgan fingerprint density at radius 3 is 2.62 bits per heavy atom. The summed E-state index contributed by atoms with van der Waals surface area (Å²) < 4.78 is 5.24. The molecule has 1 aromatic heterocycles. The number of aromatic nitrogens is 1. The lowest BCUT2D eigenvalue weighted by atomic mass is 9.99. The van der Waals surface area contributed by atoms with Crippen LogP contribution in [0.4, 0.5) is 5.82 Å². The Kier molecular flexibility index (Phi) is 3.85. The molecule has 0 atom stereocenters. The first-order valence-electron chi connectivity index (χ1n) is 7.70. The van der Waals surface area contributed by atoms with Crippen molar-refractivity contribution in [3.05, 3.63) is 22.9 Å². The van der Waals surface area contributed by atoms with Crippen LogP contribution < -0.4 is 4.90 Å². The lowest BCUT2D eigenvalue weighted by Crippen LogP contribution is -2.45. The topological polar surface area (TPSA) is 45.7 Å². The van der Waals surface area contributed by atoms with E-state index in [1.165, 1.54) is 0 Å². The largest absolute Gasteiger partial charge is 0.462 e. The molecule has 1 fully saturated rings. The van der Waals surface area contributed by atoms with Gasteiger partial charge in [0.2, 0.25) is 0 Å². The van der Waals surface area contributed by atoms with Gasteiger partial charge in [-0.3, -0.25) is 0 Å². The van der Waals surface area contributed by atoms with Gasteiger partial charge in [0.15, 0.2) is 0 Å². The molecule has 3 heterocycles. The quantitative estimate of drug-likeness (QED) is 0.775. The van der Waals surface area contributed by atoms with Crippen LogP contribution in [0.25, 0.3) is 0 Å². The van der Waals surface area contributed by atoms with E-state index in [0.29, 0.717) is 18.1 Å². The molecule has 114 valence electrons. The number of piperazine rings is 1. The van der Waals surface area contributed by atoms with Crippen molar-refractivity contribution >= 4 is 11.8 Å². The SMILES string of the molecule is CC(C)c1cc2c(c(N3CCN(C)CC3)n1)C(=O)OCC2. The summed E-state index contributed by atoms with van der Waals surface area (Å²) in [6.45, 7) is 8.58. The van der Waals surface area contributed by atoms with Crippen LogP contribution in [0.1, 0.15) is 41.4 Å². The molecular formula is C16H23N3O2. The minimum absolute atomic E-state index is 0.215. The standard InChI is InChI=1S/C16H23N3O2/c1-11(2)13-10-12-4-9-21-16(20)14(12)15(17-13)19-7-5-18(3)6-8-19/h10-11H,4-9H2,1-3H3. The number of cyclic esters (lactones) is 1. The lowest BCUT2D eigenvalue weighted by molar-refractivity contribution is 0.0480. The van der Waals surface area contributed by atoms with Gasteiger partial charge in [-0.05, 0) is 24.6 Å². The van der Waals surface area contributed by atoms with E-state index in [0.717, 1.165) is 49.7 Å². The normalized spacial score (nSPS) is 19.6. The van der Waals surface area contributed by atoms with Crippen molar-refractivity contribution in [1.82, 2.24) is 9.88 Å². The van der Waals surface area contributed by atoms with Gasteiger partial charge in [-0.2, -0.15) is 0 Å². The first kappa shape index (κ1) is 14.3. The van der Waals surface area contributed by atoms with Crippen LogP contribution in [0.3, 0.4) is 0 Å². The summed E-state index contributed by atoms with van der Waals surface area (Å²) >= 11 is 0. The van der Waals surface area contributed by atoms with Crippen LogP contribution in [0.15, 0.2) is 6.07 Å². The molecule has 3 rings (SSSR count). The number of anilines is 1. The summed E-state index contributed by atoms with van der Waals surface area (Å²) in [5, 5.41) is 0. The Bertz CT molecular complexity index is 549. The Balaban J connectivity index is 2.04. The molecule has 2 aliphatic rings. The zero-order chi connectivity index (χ0) is 15.0. The molecule has 0 N–H and O–H groups in total. The second-order valence-electron chi connectivity index (χ2n) is 6.24. The summed E-state index contributed by atoms with van der Waals surface area (Å²) in [7, 11) is 2.12. The lowest BCUT2D eigenvalue weighted by Gasteiger charge is -2.35. The molecule has 21 heavy (non-hydrogen) atoms. The third kappa shape index (κ3) is 2.75. The predicted octanol–water partition coefficient (Wildman–Crippen LogP) is 1.67. The maximum Gasteiger partial charge on any atom is 0.342 e. The fraction of sp³-hybridized carbons (Fsp3) is 0.625. The van der Waals surface area contributed by atoms with Crippen molar-refractivity contribution < 1.29 is 9.53 Å². The fourth-order valence-corrected chi connectivity index (χ4v) is 2.89. The maximum atomic E-state index is 12.2. The third-order valence-electron chi connectivity index (χ3n) is 4.30. The number of likely N-dealkylation sites (N-methyl/N-ethyl adjacent to an activating group) is 1. The number of carbonyl (C=O) groups excluding carboxylic acids is 1. The molecule has 0 aromatic carbocycles. The number of hydrogen-bond acceptors (Lipinski definition) is 5. The molecule has 0 radical (unpaired) electrons. The summed E-state index contributed by atoms with van der Waals surface area (Å²) in [5.74, 6) is 0.974. The van der Waals surface area contributed by atoms with Gasteiger partial charge in [0.1, 0.15) is 11.4 Å². The van der Waals surface area contributed by atoms with E-state index in [4.69, 9.17) is 9.72 Å². The van der Waals surface area contributed by atoms with Crippen LogP contribution in [-0.2, 0) is 11.2 Å². The average molecular weight is 289 g/mol. The molecule has 0 aliphatic carbocycles. The molecule has 1 aromatic rings. The van der Waals surface area contributed by atoms with Gasteiger partial charge < -0.3 is 14.5 Å². The van der Waals surface area contributed by atoms with Crippen molar-refractivity contribution in [1.29, 1.82) is 0 Å². The molecular weight excluding hydrogens is 266 g/mol. The Hall–Kier alpha value is -1.62. The number of esters is 1. The molecule has 0 saturated carbocycles. The van der Waals surface area contributed by atoms with Crippen molar-refractivity contribution in [2.24, 2.45) is 0 Å². The number of fused-ring (bicyclic) bond motifs is 1. The van der Waals surface area contributed by atoms with E-state index >= 15 is 0 Å². The zero-order valence-corrected chi connectivity index (χ0v) is 13.1. The van der Waals surface area contributed by atoms with Crippen LogP contribution in [0.5, 0.6) is 0 Å². The van der Waals surface area contributed by atoms with E-state index in [1.807, 2.05) is 0 Å². The zero-order valence-electron chi connectivity index (χ0n) is 13.1. The molecule has 5 heteroatoms. The van der Waals surface area contributed by atoms with Crippen molar-refractivity contribution in [2.75, 3.05) is 44.7 Å². The molecule has 0 spiro atoms. The fourth-order valence-electron chi connectivity index (χ4n) is 2.89. The summed E-state index contributed by atoms with van der Waals surface area (Å²) in [5.41, 5.74) is 2.85. The number of carbonyl (C=O) groups is 1. The van der Waals surface area contributed by atoms with Crippen molar-refractivity contribution in [2.45, 2.75) is 26.2 Å². The molecule has 1 saturated heterocycles. The predicted molar refractivity (Wildman–Crippen MR) is 82.0 cm³/mol. The van der Waals surface area contributed by atoms with Gasteiger partial charge in [0, 0.05) is 38.3 Å². The number of ether oxygens (including phenoxy) is 1. The van der Waals surface area contributed by atoms with Gasteiger partial charge in [-0.15, -0.1) is 0 Å². The van der Waals surface area contributed by atoms with E-state index in [-0.39, 0.29) is 5.97 Å². The van der Waals surface area contributed by atoms with Gasteiger partial charge in [0.25, 0.3) is 0 Å². The number of hydrogen-bond donors (Lipinski definition) is 0.